The van der Waals surface area contributed by atoms with Gasteiger partial charge in [0.25, 0.3) is 0 Å². The molecule has 1 amide bonds. The molecule has 6 nitrogen and oxygen atoms in total. The summed E-state index contributed by atoms with van der Waals surface area (Å²) in [6.45, 7) is 3.10. The topological polar surface area (TPSA) is 85.0 Å². The van der Waals surface area contributed by atoms with Gasteiger partial charge in [0.05, 0.1) is 7.11 Å². The Balaban J connectivity index is 1.69. The highest BCUT2D eigenvalue weighted by Crippen LogP contribution is 2.21. The molecule has 1 atom stereocenters. The predicted octanol–water partition coefficient (Wildman–Crippen LogP) is 0.632. The van der Waals surface area contributed by atoms with E-state index in [1.54, 1.807) is 7.11 Å². The molecule has 0 aliphatic carbocycles. The molecule has 1 unspecified atom stereocenters. The number of hydrogen-bond acceptors (Lipinski definition) is 5. The van der Waals surface area contributed by atoms with Gasteiger partial charge in [-0.05, 0) is 44.0 Å². The summed E-state index contributed by atoms with van der Waals surface area (Å²) in [5.41, 5.74) is 5.14. The molecule has 0 spiro atoms. The quantitative estimate of drug-likeness (QED) is 0.772. The number of primary amides is 1. The SMILES string of the molecule is COc1cccc(OCCN2CCC(C(O)C(N)=O)CC2)c1. The highest BCUT2D eigenvalue weighted by Gasteiger charge is 2.28. The largest absolute Gasteiger partial charge is 0.497 e. The molecule has 0 bridgehead atoms. The molecule has 1 saturated heterocycles. The minimum Gasteiger partial charge on any atom is -0.497 e. The van der Waals surface area contributed by atoms with Crippen molar-refractivity contribution in [2.75, 3.05) is 33.4 Å². The maximum atomic E-state index is 11.0. The first-order valence-corrected chi connectivity index (χ1v) is 7.56. The Bertz CT molecular complexity index is 487. The number of hydrogen-bond donors (Lipinski definition) is 2. The van der Waals surface area contributed by atoms with Crippen LogP contribution >= 0.6 is 0 Å². The average Bonchev–Trinajstić information content (AvgIpc) is 2.55. The Hall–Kier alpha value is -1.79. The fourth-order valence-corrected chi connectivity index (χ4v) is 2.71. The molecule has 0 saturated carbocycles. The van der Waals surface area contributed by atoms with E-state index in [-0.39, 0.29) is 5.92 Å². The maximum absolute atomic E-state index is 11.0. The summed E-state index contributed by atoms with van der Waals surface area (Å²) >= 11 is 0. The third-order valence-electron chi connectivity index (χ3n) is 4.09. The van der Waals surface area contributed by atoms with Crippen LogP contribution in [0.15, 0.2) is 24.3 Å². The number of ether oxygens (including phenoxy) is 2. The lowest BCUT2D eigenvalue weighted by Crippen LogP contribution is -2.43. The lowest BCUT2D eigenvalue weighted by atomic mass is 9.91. The van der Waals surface area contributed by atoms with Gasteiger partial charge in [-0.2, -0.15) is 0 Å². The second-order valence-electron chi connectivity index (χ2n) is 5.55. The first kappa shape index (κ1) is 16.6. The van der Waals surface area contributed by atoms with Gasteiger partial charge in [0.15, 0.2) is 0 Å². The summed E-state index contributed by atoms with van der Waals surface area (Å²) < 4.78 is 10.9. The minimum absolute atomic E-state index is 0.0203. The molecule has 0 aromatic heterocycles. The monoisotopic (exact) mass is 308 g/mol. The fourth-order valence-electron chi connectivity index (χ4n) is 2.71. The molecule has 1 aliphatic heterocycles. The number of methoxy groups -OCH3 is 1. The van der Waals surface area contributed by atoms with Crippen molar-refractivity contribution >= 4 is 5.91 Å². The molecule has 6 heteroatoms. The molecule has 2 rings (SSSR count). The van der Waals surface area contributed by atoms with Crippen molar-refractivity contribution in [2.24, 2.45) is 11.7 Å². The zero-order chi connectivity index (χ0) is 15.9. The number of amides is 1. The number of likely N-dealkylation sites (tertiary alicyclic amines) is 1. The Morgan fingerprint density at radius 3 is 2.73 bits per heavy atom. The van der Waals surface area contributed by atoms with E-state index in [1.807, 2.05) is 24.3 Å². The highest BCUT2D eigenvalue weighted by atomic mass is 16.5. The predicted molar refractivity (Wildman–Crippen MR) is 82.9 cm³/mol. The van der Waals surface area contributed by atoms with Gasteiger partial charge in [-0.3, -0.25) is 9.69 Å². The number of nitrogens with two attached hydrogens (primary N) is 1. The van der Waals surface area contributed by atoms with Crippen molar-refractivity contribution in [2.45, 2.75) is 18.9 Å². The Morgan fingerprint density at radius 1 is 1.41 bits per heavy atom. The summed E-state index contributed by atoms with van der Waals surface area (Å²) in [7, 11) is 1.63. The number of carbonyl (C=O) groups excluding carboxylic acids is 1. The van der Waals surface area contributed by atoms with Crippen LogP contribution in [0.4, 0.5) is 0 Å². The number of aliphatic hydroxyl groups excluding tert-OH is 1. The van der Waals surface area contributed by atoms with E-state index in [9.17, 15) is 9.90 Å². The lowest BCUT2D eigenvalue weighted by molar-refractivity contribution is -0.129. The average molecular weight is 308 g/mol. The molecule has 1 aromatic rings. The van der Waals surface area contributed by atoms with Gasteiger partial charge in [-0.1, -0.05) is 6.07 Å². The van der Waals surface area contributed by atoms with Crippen LogP contribution in [-0.4, -0.2) is 55.4 Å². The zero-order valence-corrected chi connectivity index (χ0v) is 12.9. The maximum Gasteiger partial charge on any atom is 0.246 e. The van der Waals surface area contributed by atoms with E-state index in [2.05, 4.69) is 4.90 Å². The third kappa shape index (κ3) is 4.61. The summed E-state index contributed by atoms with van der Waals surface area (Å²) in [6, 6.07) is 7.53. The Kier molecular flexibility index (Phi) is 6.03. The minimum atomic E-state index is -1.02. The van der Waals surface area contributed by atoms with Crippen molar-refractivity contribution in [1.82, 2.24) is 4.90 Å². The first-order valence-electron chi connectivity index (χ1n) is 7.56. The number of rotatable bonds is 7. The second kappa shape index (κ2) is 8.00. The molecule has 3 N–H and O–H groups in total. The van der Waals surface area contributed by atoms with Crippen molar-refractivity contribution in [1.29, 1.82) is 0 Å². The molecule has 0 radical (unpaired) electrons. The number of carbonyl (C=O) groups is 1. The molecule has 1 aromatic carbocycles. The second-order valence-corrected chi connectivity index (χ2v) is 5.55. The van der Waals surface area contributed by atoms with Gasteiger partial charge in [-0.15, -0.1) is 0 Å². The van der Waals surface area contributed by atoms with Gasteiger partial charge in [0.1, 0.15) is 24.2 Å². The van der Waals surface area contributed by atoms with Crippen LogP contribution in [0.5, 0.6) is 11.5 Å². The van der Waals surface area contributed by atoms with Crippen molar-refractivity contribution in [3.8, 4) is 11.5 Å². The van der Waals surface area contributed by atoms with E-state index < -0.39 is 12.0 Å². The number of benzene rings is 1. The van der Waals surface area contributed by atoms with Gasteiger partial charge in [-0.25, -0.2) is 0 Å². The Morgan fingerprint density at radius 2 is 2.09 bits per heavy atom. The molecule has 122 valence electrons. The molecular weight excluding hydrogens is 284 g/mol. The molecular formula is C16H24N2O4. The highest BCUT2D eigenvalue weighted by molar-refractivity contribution is 5.78. The standard InChI is InChI=1S/C16H24N2O4/c1-21-13-3-2-4-14(11-13)22-10-9-18-7-5-12(6-8-18)15(19)16(17)20/h2-4,11-12,15,19H,5-10H2,1H3,(H2,17,20). The zero-order valence-electron chi connectivity index (χ0n) is 12.9. The Labute approximate surface area is 130 Å². The van der Waals surface area contributed by atoms with E-state index in [0.29, 0.717) is 6.61 Å². The molecule has 1 fully saturated rings. The van der Waals surface area contributed by atoms with Crippen LogP contribution in [0.1, 0.15) is 12.8 Å². The van der Waals surface area contributed by atoms with Gasteiger partial charge in [0.2, 0.25) is 5.91 Å². The smallest absolute Gasteiger partial charge is 0.246 e. The van der Waals surface area contributed by atoms with Crippen LogP contribution in [0.2, 0.25) is 0 Å². The summed E-state index contributed by atoms with van der Waals surface area (Å²) in [6.07, 6.45) is 0.544. The van der Waals surface area contributed by atoms with E-state index in [4.69, 9.17) is 15.2 Å². The van der Waals surface area contributed by atoms with Crippen LogP contribution < -0.4 is 15.2 Å². The van der Waals surface area contributed by atoms with E-state index in [1.165, 1.54) is 0 Å². The van der Waals surface area contributed by atoms with Crippen LogP contribution in [0, 0.1) is 5.92 Å². The molecule has 1 aliphatic rings. The normalized spacial score (nSPS) is 17.9. The number of piperidine rings is 1. The lowest BCUT2D eigenvalue weighted by Gasteiger charge is -2.33. The van der Waals surface area contributed by atoms with E-state index in [0.717, 1.165) is 44.0 Å². The third-order valence-corrected chi connectivity index (χ3v) is 4.09. The van der Waals surface area contributed by atoms with Crippen LogP contribution in [0.3, 0.4) is 0 Å². The molecule has 22 heavy (non-hydrogen) atoms. The number of nitrogens with zero attached hydrogens (tertiary/aromatic N) is 1. The van der Waals surface area contributed by atoms with Crippen LogP contribution in [0.25, 0.3) is 0 Å². The van der Waals surface area contributed by atoms with Crippen molar-refractivity contribution in [3.05, 3.63) is 24.3 Å². The van der Waals surface area contributed by atoms with Crippen LogP contribution in [-0.2, 0) is 4.79 Å². The summed E-state index contributed by atoms with van der Waals surface area (Å²) in [4.78, 5) is 13.3. The number of aliphatic hydroxyl groups is 1. The van der Waals surface area contributed by atoms with Crippen molar-refractivity contribution in [3.63, 3.8) is 0 Å². The molecule has 1 heterocycles. The van der Waals surface area contributed by atoms with Gasteiger partial charge < -0.3 is 20.3 Å². The van der Waals surface area contributed by atoms with Gasteiger partial charge >= 0.3 is 0 Å². The van der Waals surface area contributed by atoms with E-state index >= 15 is 0 Å². The first-order chi connectivity index (χ1) is 10.6. The fraction of sp³-hybridized carbons (Fsp3) is 0.562. The summed E-state index contributed by atoms with van der Waals surface area (Å²) in [5.74, 6) is 0.921. The summed E-state index contributed by atoms with van der Waals surface area (Å²) in [5, 5.41) is 9.68. The van der Waals surface area contributed by atoms with Crippen molar-refractivity contribution < 1.29 is 19.4 Å². The van der Waals surface area contributed by atoms with Gasteiger partial charge in [0, 0.05) is 12.6 Å².